The fourth-order valence-electron chi connectivity index (χ4n) is 2.46. The van der Waals surface area contributed by atoms with Gasteiger partial charge in [-0.25, -0.2) is 9.59 Å². The average Bonchev–Trinajstić information content (AvgIpc) is 2.46. The molecule has 1 aromatic carbocycles. The third kappa shape index (κ3) is 6.01. The summed E-state index contributed by atoms with van der Waals surface area (Å²) in [5, 5.41) is 9.25. The first kappa shape index (κ1) is 19.6. The van der Waals surface area contributed by atoms with Gasteiger partial charge in [-0.15, -0.1) is 0 Å². The summed E-state index contributed by atoms with van der Waals surface area (Å²) < 4.78 is 5.72. The molecule has 1 atom stereocenters. The van der Waals surface area contributed by atoms with Crippen LogP contribution in [0.4, 0.5) is 0 Å². The van der Waals surface area contributed by atoms with Crippen molar-refractivity contribution in [1.29, 1.82) is 0 Å². The van der Waals surface area contributed by atoms with Crippen LogP contribution in [0.2, 0.25) is 0 Å². The van der Waals surface area contributed by atoms with Crippen molar-refractivity contribution in [2.45, 2.75) is 25.9 Å². The van der Waals surface area contributed by atoms with Crippen LogP contribution in [0.3, 0.4) is 0 Å². The molecular formula is C19H25NO4. The number of carbonyl (C=O) groups is 2. The van der Waals surface area contributed by atoms with Gasteiger partial charge in [0.2, 0.25) is 0 Å². The summed E-state index contributed by atoms with van der Waals surface area (Å²) >= 11 is 0. The smallest absolute Gasteiger partial charge is 0.334 e. The van der Waals surface area contributed by atoms with Crippen LogP contribution >= 0.6 is 0 Å². The van der Waals surface area contributed by atoms with E-state index in [0.29, 0.717) is 13.0 Å². The third-order valence-corrected chi connectivity index (χ3v) is 3.39. The number of carboxylic acid groups (broad SMARTS) is 1. The van der Waals surface area contributed by atoms with Gasteiger partial charge in [-0.05, 0) is 39.6 Å². The molecule has 0 aliphatic rings. The highest BCUT2D eigenvalue weighted by molar-refractivity contribution is 5.88. The number of rotatable bonds is 8. The zero-order chi connectivity index (χ0) is 18.3. The fourth-order valence-corrected chi connectivity index (χ4v) is 2.46. The molecule has 0 saturated carbocycles. The molecule has 0 saturated heterocycles. The van der Waals surface area contributed by atoms with Crippen LogP contribution < -0.4 is 0 Å². The standard InChI is InChI=1S/C19H25NO4/c1-14(2)18(23)24-19(13-20(4)5,11-15(3)17(21)22)12-16-9-7-6-8-10-16/h6-11H,1,12-13H2,2-5H3,(H,21,22). The van der Waals surface area contributed by atoms with Crippen molar-refractivity contribution < 1.29 is 19.4 Å². The lowest BCUT2D eigenvalue weighted by atomic mass is 9.91. The molecule has 0 amide bonds. The maximum atomic E-state index is 12.2. The Morgan fingerprint density at radius 2 is 1.83 bits per heavy atom. The summed E-state index contributed by atoms with van der Waals surface area (Å²) in [5.74, 6) is -1.58. The van der Waals surface area contributed by atoms with Crippen molar-refractivity contribution in [2.24, 2.45) is 0 Å². The molecule has 5 nitrogen and oxygen atoms in total. The number of nitrogens with zero attached hydrogens (tertiary/aromatic N) is 1. The number of carboxylic acids is 1. The first-order valence-corrected chi connectivity index (χ1v) is 7.65. The molecule has 0 heterocycles. The molecule has 130 valence electrons. The average molecular weight is 331 g/mol. The molecule has 0 fully saturated rings. The van der Waals surface area contributed by atoms with Crippen LogP contribution in [0.25, 0.3) is 0 Å². The Labute approximate surface area is 143 Å². The van der Waals surface area contributed by atoms with Gasteiger partial charge in [0.1, 0.15) is 5.60 Å². The van der Waals surface area contributed by atoms with Gasteiger partial charge < -0.3 is 14.7 Å². The molecule has 1 unspecified atom stereocenters. The molecule has 0 spiro atoms. The lowest BCUT2D eigenvalue weighted by Crippen LogP contribution is -2.45. The highest BCUT2D eigenvalue weighted by Crippen LogP contribution is 2.24. The molecule has 0 aromatic heterocycles. The molecule has 1 N–H and O–H groups in total. The molecular weight excluding hydrogens is 306 g/mol. The number of likely N-dealkylation sites (N-methyl/N-ethyl adjacent to an activating group) is 1. The molecule has 0 bridgehead atoms. The molecule has 1 aromatic rings. The van der Waals surface area contributed by atoms with Crippen molar-refractivity contribution in [3.8, 4) is 0 Å². The van der Waals surface area contributed by atoms with Gasteiger partial charge in [-0.3, -0.25) is 0 Å². The number of hydrogen-bond acceptors (Lipinski definition) is 4. The Balaban J connectivity index is 3.35. The Morgan fingerprint density at radius 3 is 2.29 bits per heavy atom. The van der Waals surface area contributed by atoms with Gasteiger partial charge in [-0.1, -0.05) is 36.9 Å². The Morgan fingerprint density at radius 1 is 1.25 bits per heavy atom. The molecule has 1 rings (SSSR count). The zero-order valence-corrected chi connectivity index (χ0v) is 14.7. The summed E-state index contributed by atoms with van der Waals surface area (Å²) in [5.41, 5.74) is 0.252. The highest BCUT2D eigenvalue weighted by atomic mass is 16.6. The van der Waals surface area contributed by atoms with E-state index in [0.717, 1.165) is 5.56 Å². The molecule has 5 heteroatoms. The minimum atomic E-state index is -1.09. The minimum absolute atomic E-state index is 0.127. The lowest BCUT2D eigenvalue weighted by molar-refractivity contribution is -0.151. The van der Waals surface area contributed by atoms with Crippen LogP contribution in [-0.4, -0.2) is 48.2 Å². The summed E-state index contributed by atoms with van der Waals surface area (Å²) in [4.78, 5) is 25.3. The number of ether oxygens (including phenoxy) is 1. The number of carbonyl (C=O) groups excluding carboxylic acids is 1. The Bertz CT molecular complexity index is 634. The number of benzene rings is 1. The summed E-state index contributed by atoms with van der Waals surface area (Å²) in [6.45, 7) is 7.03. The van der Waals surface area contributed by atoms with Crippen LogP contribution in [0, 0.1) is 0 Å². The normalized spacial score (nSPS) is 14.1. The monoisotopic (exact) mass is 331 g/mol. The minimum Gasteiger partial charge on any atom is -0.478 e. The van der Waals surface area contributed by atoms with Crippen molar-refractivity contribution in [2.75, 3.05) is 20.6 Å². The molecule has 0 aliphatic heterocycles. The van der Waals surface area contributed by atoms with Gasteiger partial charge in [0.05, 0.1) is 0 Å². The number of esters is 1. The highest BCUT2D eigenvalue weighted by Gasteiger charge is 2.34. The molecule has 0 aliphatic carbocycles. The first-order chi connectivity index (χ1) is 11.1. The van der Waals surface area contributed by atoms with Crippen LogP contribution in [-0.2, 0) is 20.7 Å². The first-order valence-electron chi connectivity index (χ1n) is 7.65. The van der Waals surface area contributed by atoms with Gasteiger partial charge in [-0.2, -0.15) is 0 Å². The summed E-state index contributed by atoms with van der Waals surface area (Å²) in [6.07, 6.45) is 1.89. The van der Waals surface area contributed by atoms with E-state index in [1.54, 1.807) is 6.92 Å². The lowest BCUT2D eigenvalue weighted by Gasteiger charge is -2.34. The van der Waals surface area contributed by atoms with Gasteiger partial charge in [0.15, 0.2) is 0 Å². The van der Waals surface area contributed by atoms with E-state index >= 15 is 0 Å². The van der Waals surface area contributed by atoms with E-state index < -0.39 is 17.5 Å². The SMILES string of the molecule is C=C(C)C(=O)OC(C=C(C)C(=O)O)(Cc1ccccc1)CN(C)C. The summed E-state index contributed by atoms with van der Waals surface area (Å²) in [6, 6.07) is 9.52. The van der Waals surface area contributed by atoms with Crippen molar-refractivity contribution in [1.82, 2.24) is 4.90 Å². The van der Waals surface area contributed by atoms with Crippen molar-refractivity contribution >= 4 is 11.9 Å². The predicted molar refractivity (Wildman–Crippen MR) is 93.7 cm³/mol. The van der Waals surface area contributed by atoms with E-state index in [9.17, 15) is 14.7 Å². The maximum absolute atomic E-state index is 12.2. The quantitative estimate of drug-likeness (QED) is 0.586. The number of aliphatic carboxylic acids is 1. The van der Waals surface area contributed by atoms with Gasteiger partial charge in [0.25, 0.3) is 0 Å². The second-order valence-electron chi connectivity index (χ2n) is 6.27. The van der Waals surface area contributed by atoms with Gasteiger partial charge >= 0.3 is 11.9 Å². The second-order valence-corrected chi connectivity index (χ2v) is 6.27. The van der Waals surface area contributed by atoms with Crippen molar-refractivity contribution in [3.05, 3.63) is 59.7 Å². The summed E-state index contributed by atoms with van der Waals surface area (Å²) in [7, 11) is 3.69. The fraction of sp³-hybridized carbons (Fsp3) is 0.368. The molecule has 24 heavy (non-hydrogen) atoms. The topological polar surface area (TPSA) is 66.8 Å². The second kappa shape index (κ2) is 8.45. The largest absolute Gasteiger partial charge is 0.478 e. The molecule has 0 radical (unpaired) electrons. The van der Waals surface area contributed by atoms with E-state index in [-0.39, 0.29) is 11.1 Å². The van der Waals surface area contributed by atoms with Gasteiger partial charge in [0, 0.05) is 24.1 Å². The zero-order valence-electron chi connectivity index (χ0n) is 14.7. The van der Waals surface area contributed by atoms with E-state index in [1.807, 2.05) is 49.3 Å². The van der Waals surface area contributed by atoms with E-state index in [2.05, 4.69) is 6.58 Å². The van der Waals surface area contributed by atoms with Crippen LogP contribution in [0.1, 0.15) is 19.4 Å². The van der Waals surface area contributed by atoms with Crippen LogP contribution in [0.5, 0.6) is 0 Å². The Kier molecular flexibility index (Phi) is 6.92. The van der Waals surface area contributed by atoms with E-state index in [4.69, 9.17) is 4.74 Å². The maximum Gasteiger partial charge on any atom is 0.334 e. The van der Waals surface area contributed by atoms with E-state index in [1.165, 1.54) is 13.0 Å². The Hall–Kier alpha value is -2.40. The third-order valence-electron chi connectivity index (χ3n) is 3.39. The number of hydrogen-bond donors (Lipinski definition) is 1. The predicted octanol–water partition coefficient (Wildman–Crippen LogP) is 2.68. The van der Waals surface area contributed by atoms with Crippen molar-refractivity contribution in [3.63, 3.8) is 0 Å². The van der Waals surface area contributed by atoms with Crippen LogP contribution in [0.15, 0.2) is 54.1 Å².